The monoisotopic (exact) mass is 280 g/mol. The van der Waals surface area contributed by atoms with Crippen molar-refractivity contribution in [3.63, 3.8) is 0 Å². The van der Waals surface area contributed by atoms with Gasteiger partial charge in [0, 0.05) is 45.3 Å². The van der Waals surface area contributed by atoms with E-state index in [1.165, 1.54) is 0 Å². The van der Waals surface area contributed by atoms with Gasteiger partial charge in [-0.3, -0.25) is 4.90 Å². The van der Waals surface area contributed by atoms with E-state index in [4.69, 9.17) is 9.47 Å². The lowest BCUT2D eigenvalue weighted by molar-refractivity contribution is 0.137. The van der Waals surface area contributed by atoms with Crippen LogP contribution in [0.2, 0.25) is 0 Å². The van der Waals surface area contributed by atoms with E-state index < -0.39 is 0 Å². The highest BCUT2D eigenvalue weighted by molar-refractivity contribution is 5.33. The van der Waals surface area contributed by atoms with Crippen LogP contribution in [0.3, 0.4) is 0 Å². The number of piperazine rings is 1. The summed E-state index contributed by atoms with van der Waals surface area (Å²) in [5.74, 6) is 0.625. The van der Waals surface area contributed by atoms with E-state index in [1.54, 1.807) is 14.2 Å². The van der Waals surface area contributed by atoms with Gasteiger partial charge in [0.2, 0.25) is 5.95 Å². The molecular formula is C12H20N6O2. The normalized spacial score (nSPS) is 20.6. The van der Waals surface area contributed by atoms with Gasteiger partial charge in [0.1, 0.15) is 0 Å². The fourth-order valence-electron chi connectivity index (χ4n) is 2.47. The van der Waals surface area contributed by atoms with Crippen LogP contribution in [-0.2, 0) is 0 Å². The molecule has 0 saturated carbocycles. The molecule has 3 heterocycles. The average Bonchev–Trinajstić information content (AvgIpc) is 2.45. The van der Waals surface area contributed by atoms with E-state index in [9.17, 15) is 0 Å². The van der Waals surface area contributed by atoms with Gasteiger partial charge in [0.15, 0.2) is 0 Å². The molecule has 0 unspecified atom stereocenters. The maximum atomic E-state index is 5.09. The molecule has 0 spiro atoms. The Morgan fingerprint density at radius 3 is 2.00 bits per heavy atom. The molecule has 20 heavy (non-hydrogen) atoms. The van der Waals surface area contributed by atoms with Crippen molar-refractivity contribution in [3.8, 4) is 12.0 Å². The molecule has 1 N–H and O–H groups in total. The van der Waals surface area contributed by atoms with Gasteiger partial charge >= 0.3 is 12.0 Å². The van der Waals surface area contributed by atoms with Crippen molar-refractivity contribution < 1.29 is 9.47 Å². The van der Waals surface area contributed by atoms with Crippen molar-refractivity contribution >= 4 is 5.95 Å². The van der Waals surface area contributed by atoms with Gasteiger partial charge in [-0.1, -0.05) is 0 Å². The number of anilines is 1. The van der Waals surface area contributed by atoms with Crippen LogP contribution >= 0.6 is 0 Å². The van der Waals surface area contributed by atoms with Crippen molar-refractivity contribution in [2.24, 2.45) is 0 Å². The Labute approximate surface area is 118 Å². The summed E-state index contributed by atoms with van der Waals surface area (Å²) in [5.41, 5.74) is 0. The SMILES string of the molecule is COc1nc(OC)nc(N2CCN(C3CNC3)CC2)n1. The Morgan fingerprint density at radius 2 is 1.55 bits per heavy atom. The second-order valence-electron chi connectivity index (χ2n) is 4.94. The van der Waals surface area contributed by atoms with Gasteiger partial charge in [-0.2, -0.15) is 9.97 Å². The largest absolute Gasteiger partial charge is 0.467 e. The van der Waals surface area contributed by atoms with E-state index in [1.807, 2.05) is 0 Å². The second kappa shape index (κ2) is 5.76. The van der Waals surface area contributed by atoms with Crippen LogP contribution in [0.5, 0.6) is 12.0 Å². The van der Waals surface area contributed by atoms with Gasteiger partial charge in [0.25, 0.3) is 0 Å². The van der Waals surface area contributed by atoms with Gasteiger partial charge in [-0.15, -0.1) is 4.98 Å². The smallest absolute Gasteiger partial charge is 0.324 e. The van der Waals surface area contributed by atoms with Crippen LogP contribution in [0, 0.1) is 0 Å². The summed E-state index contributed by atoms with van der Waals surface area (Å²) in [5, 5.41) is 3.31. The number of nitrogens with zero attached hydrogens (tertiary/aromatic N) is 5. The zero-order chi connectivity index (χ0) is 13.9. The van der Waals surface area contributed by atoms with Crippen LogP contribution in [0.25, 0.3) is 0 Å². The Hall–Kier alpha value is -1.67. The Morgan fingerprint density at radius 1 is 0.950 bits per heavy atom. The Kier molecular flexibility index (Phi) is 3.83. The lowest BCUT2D eigenvalue weighted by Crippen LogP contribution is -2.61. The third-order valence-corrected chi connectivity index (χ3v) is 3.82. The first-order chi connectivity index (χ1) is 9.80. The van der Waals surface area contributed by atoms with E-state index in [2.05, 4.69) is 30.1 Å². The van der Waals surface area contributed by atoms with Gasteiger partial charge in [-0.25, -0.2) is 0 Å². The number of methoxy groups -OCH3 is 2. The minimum Gasteiger partial charge on any atom is -0.467 e. The number of rotatable bonds is 4. The number of ether oxygens (including phenoxy) is 2. The van der Waals surface area contributed by atoms with Crippen LogP contribution < -0.4 is 19.7 Å². The molecule has 1 aromatic heterocycles. The number of nitrogens with one attached hydrogen (secondary N) is 1. The molecular weight excluding hydrogens is 260 g/mol. The van der Waals surface area contributed by atoms with Crippen LogP contribution in [0.1, 0.15) is 0 Å². The third kappa shape index (κ3) is 2.61. The van der Waals surface area contributed by atoms with Crippen molar-refractivity contribution in [1.29, 1.82) is 0 Å². The summed E-state index contributed by atoms with van der Waals surface area (Å²) >= 11 is 0. The van der Waals surface area contributed by atoms with Crippen molar-refractivity contribution in [1.82, 2.24) is 25.2 Å². The molecule has 2 saturated heterocycles. The number of hydrogen-bond donors (Lipinski definition) is 1. The van der Waals surface area contributed by atoms with Gasteiger partial charge < -0.3 is 19.7 Å². The fourth-order valence-corrected chi connectivity index (χ4v) is 2.47. The minimum atomic E-state index is 0.289. The number of hydrogen-bond acceptors (Lipinski definition) is 8. The lowest BCUT2D eigenvalue weighted by atomic mass is 10.1. The molecule has 3 rings (SSSR count). The molecule has 8 heteroatoms. The Balaban J connectivity index is 1.67. The molecule has 8 nitrogen and oxygen atoms in total. The standard InChI is InChI=1S/C12H20N6O2/c1-19-11-14-10(15-12(16-11)20-2)18-5-3-17(4-6-18)9-7-13-8-9/h9,13H,3-8H2,1-2H3. The maximum absolute atomic E-state index is 5.09. The summed E-state index contributed by atoms with van der Waals surface area (Å²) in [6, 6.07) is 1.27. The molecule has 2 aliphatic rings. The summed E-state index contributed by atoms with van der Waals surface area (Å²) < 4.78 is 10.2. The molecule has 2 aliphatic heterocycles. The third-order valence-electron chi connectivity index (χ3n) is 3.82. The summed E-state index contributed by atoms with van der Waals surface area (Å²) in [4.78, 5) is 17.3. The minimum absolute atomic E-state index is 0.289. The quantitative estimate of drug-likeness (QED) is 0.751. The lowest BCUT2D eigenvalue weighted by Gasteiger charge is -2.43. The van der Waals surface area contributed by atoms with Gasteiger partial charge in [-0.05, 0) is 0 Å². The molecule has 0 bridgehead atoms. The molecule has 0 atom stereocenters. The zero-order valence-corrected chi connectivity index (χ0v) is 11.9. The predicted octanol–water partition coefficient (Wildman–Crippen LogP) is -1.02. The first-order valence-electron chi connectivity index (χ1n) is 6.84. The van der Waals surface area contributed by atoms with Crippen LogP contribution in [0.4, 0.5) is 5.95 Å². The highest BCUT2D eigenvalue weighted by atomic mass is 16.5. The average molecular weight is 280 g/mol. The van der Waals surface area contributed by atoms with Crippen LogP contribution in [-0.4, -0.2) is 79.4 Å². The highest BCUT2D eigenvalue weighted by Crippen LogP contribution is 2.18. The van der Waals surface area contributed by atoms with E-state index in [0.29, 0.717) is 12.0 Å². The molecule has 110 valence electrons. The molecule has 0 radical (unpaired) electrons. The van der Waals surface area contributed by atoms with Crippen molar-refractivity contribution in [2.45, 2.75) is 6.04 Å². The molecule has 1 aromatic rings. The summed E-state index contributed by atoms with van der Waals surface area (Å²) in [7, 11) is 3.08. The molecule has 2 fully saturated rings. The maximum Gasteiger partial charge on any atom is 0.324 e. The van der Waals surface area contributed by atoms with E-state index in [0.717, 1.165) is 39.3 Å². The molecule has 0 amide bonds. The molecule has 0 aromatic carbocycles. The topological polar surface area (TPSA) is 75.6 Å². The Bertz CT molecular complexity index is 437. The van der Waals surface area contributed by atoms with E-state index >= 15 is 0 Å². The number of aromatic nitrogens is 3. The summed E-state index contributed by atoms with van der Waals surface area (Å²) in [6.07, 6.45) is 0. The fraction of sp³-hybridized carbons (Fsp3) is 0.750. The van der Waals surface area contributed by atoms with Gasteiger partial charge in [0.05, 0.1) is 14.2 Å². The van der Waals surface area contributed by atoms with Crippen molar-refractivity contribution in [3.05, 3.63) is 0 Å². The van der Waals surface area contributed by atoms with Crippen molar-refractivity contribution in [2.75, 3.05) is 58.4 Å². The second-order valence-corrected chi connectivity index (χ2v) is 4.94. The zero-order valence-electron chi connectivity index (χ0n) is 11.9. The van der Waals surface area contributed by atoms with Crippen LogP contribution in [0.15, 0.2) is 0 Å². The molecule has 0 aliphatic carbocycles. The predicted molar refractivity (Wildman–Crippen MR) is 73.4 cm³/mol. The first-order valence-corrected chi connectivity index (χ1v) is 6.84. The summed E-state index contributed by atoms with van der Waals surface area (Å²) in [6.45, 7) is 6.09. The van der Waals surface area contributed by atoms with E-state index in [-0.39, 0.29) is 12.0 Å². The first kappa shape index (κ1) is 13.3. The highest BCUT2D eigenvalue weighted by Gasteiger charge is 2.28.